The van der Waals surface area contributed by atoms with Crippen LogP contribution in [0.15, 0.2) is 12.1 Å². The van der Waals surface area contributed by atoms with Gasteiger partial charge in [0.1, 0.15) is 29.8 Å². The summed E-state index contributed by atoms with van der Waals surface area (Å²) in [5.41, 5.74) is 5.38. The number of hydrogen-bond donors (Lipinski definition) is 1. The fourth-order valence-corrected chi connectivity index (χ4v) is 1.05. The first-order chi connectivity index (χ1) is 7.20. The second-order valence-corrected chi connectivity index (χ2v) is 2.79. The number of hydrogen-bond acceptors (Lipinski definition) is 4. The van der Waals surface area contributed by atoms with Gasteiger partial charge in [0.05, 0.1) is 12.3 Å². The summed E-state index contributed by atoms with van der Waals surface area (Å²) in [5.74, 6) is -0.348. The molecule has 0 amide bonds. The van der Waals surface area contributed by atoms with Gasteiger partial charge in [-0.1, -0.05) is 0 Å². The standard InChI is InChI=1S/C10H11FN2O2/c1-14-4-5-15-9-3-2-8(11)7(6-12)10(9)13/h2-3H,4-5,13H2,1H3. The molecule has 0 spiro atoms. The largest absolute Gasteiger partial charge is 0.489 e. The smallest absolute Gasteiger partial charge is 0.143 e. The molecule has 0 atom stereocenters. The van der Waals surface area contributed by atoms with E-state index in [0.29, 0.717) is 19.0 Å². The van der Waals surface area contributed by atoms with E-state index in [4.69, 9.17) is 20.5 Å². The molecule has 0 bridgehead atoms. The Balaban J connectivity index is 2.87. The normalized spacial score (nSPS) is 9.67. The highest BCUT2D eigenvalue weighted by molar-refractivity contribution is 5.63. The Bertz CT molecular complexity index is 388. The highest BCUT2D eigenvalue weighted by atomic mass is 19.1. The van der Waals surface area contributed by atoms with Gasteiger partial charge in [0, 0.05) is 7.11 Å². The monoisotopic (exact) mass is 210 g/mol. The average Bonchev–Trinajstić information content (AvgIpc) is 2.22. The number of rotatable bonds is 4. The van der Waals surface area contributed by atoms with Crippen molar-refractivity contribution < 1.29 is 13.9 Å². The predicted octanol–water partition coefficient (Wildman–Crippen LogP) is 1.30. The minimum absolute atomic E-state index is 0.0219. The molecule has 1 aromatic carbocycles. The quantitative estimate of drug-likeness (QED) is 0.600. The van der Waals surface area contributed by atoms with Gasteiger partial charge in [0.25, 0.3) is 0 Å². The predicted molar refractivity (Wildman–Crippen MR) is 52.9 cm³/mol. The number of benzene rings is 1. The summed E-state index contributed by atoms with van der Waals surface area (Å²) in [6.07, 6.45) is 0. The van der Waals surface area contributed by atoms with Crippen LogP contribution in [0.5, 0.6) is 5.75 Å². The van der Waals surface area contributed by atoms with E-state index >= 15 is 0 Å². The van der Waals surface area contributed by atoms with Crippen LogP contribution in [-0.4, -0.2) is 20.3 Å². The van der Waals surface area contributed by atoms with Gasteiger partial charge < -0.3 is 15.2 Å². The molecule has 1 rings (SSSR count). The van der Waals surface area contributed by atoms with Crippen LogP contribution in [0, 0.1) is 17.1 Å². The summed E-state index contributed by atoms with van der Waals surface area (Å²) >= 11 is 0. The maximum atomic E-state index is 13.0. The van der Waals surface area contributed by atoms with E-state index in [2.05, 4.69) is 0 Å². The van der Waals surface area contributed by atoms with Crippen molar-refractivity contribution in [1.29, 1.82) is 5.26 Å². The number of halogens is 1. The summed E-state index contributed by atoms with van der Waals surface area (Å²) in [5, 5.41) is 8.65. The van der Waals surface area contributed by atoms with E-state index in [9.17, 15) is 4.39 Å². The summed E-state index contributed by atoms with van der Waals surface area (Å²) < 4.78 is 23.0. The number of methoxy groups -OCH3 is 1. The highest BCUT2D eigenvalue weighted by Gasteiger charge is 2.10. The van der Waals surface area contributed by atoms with Crippen LogP contribution in [0.25, 0.3) is 0 Å². The molecule has 0 radical (unpaired) electrons. The fraction of sp³-hybridized carbons (Fsp3) is 0.300. The van der Waals surface area contributed by atoms with Crippen molar-refractivity contribution >= 4 is 5.69 Å². The lowest BCUT2D eigenvalue weighted by molar-refractivity contribution is 0.146. The molecule has 0 unspecified atom stereocenters. The minimum atomic E-state index is -0.644. The third kappa shape index (κ3) is 2.58. The van der Waals surface area contributed by atoms with Crippen molar-refractivity contribution in [3.05, 3.63) is 23.5 Å². The zero-order chi connectivity index (χ0) is 11.3. The lowest BCUT2D eigenvalue weighted by Gasteiger charge is -2.09. The van der Waals surface area contributed by atoms with Crippen molar-refractivity contribution in [2.24, 2.45) is 0 Å². The first-order valence-electron chi connectivity index (χ1n) is 4.30. The van der Waals surface area contributed by atoms with Gasteiger partial charge in [0.2, 0.25) is 0 Å². The summed E-state index contributed by atoms with van der Waals surface area (Å²) in [7, 11) is 1.54. The minimum Gasteiger partial charge on any atom is -0.489 e. The molecule has 2 N–H and O–H groups in total. The average molecular weight is 210 g/mol. The van der Waals surface area contributed by atoms with Crippen LogP contribution in [0.2, 0.25) is 0 Å². The topological polar surface area (TPSA) is 68.3 Å². The Kier molecular flexibility index (Phi) is 3.89. The molecular formula is C10H11FN2O2. The number of nitrogen functional groups attached to an aromatic ring is 1. The molecule has 0 aromatic heterocycles. The molecule has 1 aromatic rings. The Morgan fingerprint density at radius 1 is 1.47 bits per heavy atom. The van der Waals surface area contributed by atoms with Gasteiger partial charge in [-0.2, -0.15) is 5.26 Å². The van der Waals surface area contributed by atoms with E-state index < -0.39 is 5.82 Å². The molecule has 5 heteroatoms. The van der Waals surface area contributed by atoms with Gasteiger partial charge in [0.15, 0.2) is 0 Å². The van der Waals surface area contributed by atoms with Crippen molar-refractivity contribution in [2.45, 2.75) is 0 Å². The van der Waals surface area contributed by atoms with Crippen molar-refractivity contribution in [1.82, 2.24) is 0 Å². The number of ether oxygens (including phenoxy) is 2. The van der Waals surface area contributed by atoms with E-state index in [1.807, 2.05) is 0 Å². The SMILES string of the molecule is COCCOc1ccc(F)c(C#N)c1N. The van der Waals surface area contributed by atoms with Crippen LogP contribution >= 0.6 is 0 Å². The molecule has 80 valence electrons. The molecule has 0 saturated heterocycles. The molecule has 0 fully saturated rings. The Morgan fingerprint density at radius 3 is 2.80 bits per heavy atom. The zero-order valence-electron chi connectivity index (χ0n) is 8.29. The van der Waals surface area contributed by atoms with Crippen LogP contribution in [0.3, 0.4) is 0 Å². The molecule has 0 saturated carbocycles. The Hall–Kier alpha value is -1.80. The zero-order valence-corrected chi connectivity index (χ0v) is 8.29. The van der Waals surface area contributed by atoms with Crippen LogP contribution in [-0.2, 0) is 4.74 Å². The number of nitrogens with two attached hydrogens (primary N) is 1. The van der Waals surface area contributed by atoms with Gasteiger partial charge in [-0.15, -0.1) is 0 Å². The summed E-state index contributed by atoms with van der Waals surface area (Å²) in [6, 6.07) is 4.22. The Labute approximate surface area is 87.0 Å². The molecule has 0 aliphatic carbocycles. The third-order valence-electron chi connectivity index (χ3n) is 1.81. The third-order valence-corrected chi connectivity index (χ3v) is 1.81. The molecule has 0 aliphatic heterocycles. The highest BCUT2D eigenvalue weighted by Crippen LogP contribution is 2.26. The maximum absolute atomic E-state index is 13.0. The second-order valence-electron chi connectivity index (χ2n) is 2.79. The lowest BCUT2D eigenvalue weighted by atomic mass is 10.2. The van der Waals surface area contributed by atoms with Gasteiger partial charge in [-0.05, 0) is 12.1 Å². The first kappa shape index (κ1) is 11.3. The van der Waals surface area contributed by atoms with Gasteiger partial charge >= 0.3 is 0 Å². The maximum Gasteiger partial charge on any atom is 0.143 e. The summed E-state index contributed by atoms with van der Waals surface area (Å²) in [4.78, 5) is 0. The van der Waals surface area contributed by atoms with E-state index in [1.165, 1.54) is 13.2 Å². The lowest BCUT2D eigenvalue weighted by Crippen LogP contribution is -2.07. The fourth-order valence-electron chi connectivity index (χ4n) is 1.05. The summed E-state index contributed by atoms with van der Waals surface area (Å²) in [6.45, 7) is 0.704. The van der Waals surface area contributed by atoms with Crippen LogP contribution in [0.1, 0.15) is 5.56 Å². The van der Waals surface area contributed by atoms with E-state index in [-0.39, 0.29) is 11.3 Å². The van der Waals surface area contributed by atoms with Crippen molar-refractivity contribution in [3.8, 4) is 11.8 Å². The second kappa shape index (κ2) is 5.17. The van der Waals surface area contributed by atoms with Gasteiger partial charge in [-0.3, -0.25) is 0 Å². The van der Waals surface area contributed by atoms with E-state index in [1.54, 1.807) is 6.07 Å². The number of nitrogens with zero attached hydrogens (tertiary/aromatic N) is 1. The number of anilines is 1. The van der Waals surface area contributed by atoms with E-state index in [0.717, 1.165) is 6.07 Å². The van der Waals surface area contributed by atoms with Crippen LogP contribution < -0.4 is 10.5 Å². The Morgan fingerprint density at radius 2 is 2.20 bits per heavy atom. The van der Waals surface area contributed by atoms with Gasteiger partial charge in [-0.25, -0.2) is 4.39 Å². The molecular weight excluding hydrogens is 199 g/mol. The molecule has 15 heavy (non-hydrogen) atoms. The first-order valence-corrected chi connectivity index (χ1v) is 4.30. The van der Waals surface area contributed by atoms with Crippen LogP contribution in [0.4, 0.5) is 10.1 Å². The van der Waals surface area contributed by atoms with Crippen molar-refractivity contribution in [2.75, 3.05) is 26.1 Å². The number of nitriles is 1. The molecule has 0 aliphatic rings. The van der Waals surface area contributed by atoms with Crippen molar-refractivity contribution in [3.63, 3.8) is 0 Å². The molecule has 4 nitrogen and oxygen atoms in total. The molecule has 0 heterocycles.